The summed E-state index contributed by atoms with van der Waals surface area (Å²) in [6, 6.07) is 12.1. The number of hydrogen-bond donors (Lipinski definition) is 0. The maximum absolute atomic E-state index is 10.6. The van der Waals surface area contributed by atoms with Crippen LogP contribution in [0, 0.1) is 0 Å². The third-order valence-electron chi connectivity index (χ3n) is 2.45. The minimum atomic E-state index is 0.401. The van der Waals surface area contributed by atoms with Crippen LogP contribution in [0.3, 0.4) is 0 Å². The Balaban J connectivity index is 2.14. The second-order valence-corrected chi connectivity index (χ2v) is 4.22. The molecule has 98 valence electrons. The number of halogens is 1. The van der Waals surface area contributed by atoms with Gasteiger partial charge in [-0.1, -0.05) is 11.6 Å². The number of aldehydes is 1. The zero-order valence-electron chi connectivity index (χ0n) is 10.4. The first-order chi connectivity index (χ1) is 9.22. The molecule has 19 heavy (non-hydrogen) atoms. The smallest absolute Gasteiger partial charge is 0.150 e. The molecule has 0 heterocycles. The second-order valence-electron chi connectivity index (χ2n) is 3.81. The summed E-state index contributed by atoms with van der Waals surface area (Å²) in [5, 5.41) is 0.401. The number of rotatable bonds is 5. The van der Waals surface area contributed by atoms with Gasteiger partial charge < -0.3 is 9.47 Å². The van der Waals surface area contributed by atoms with Gasteiger partial charge in [-0.15, -0.1) is 0 Å². The minimum Gasteiger partial charge on any atom is -0.494 e. The lowest BCUT2D eigenvalue weighted by molar-refractivity contribution is 0.112. The first-order valence-corrected chi connectivity index (χ1v) is 6.26. The van der Waals surface area contributed by atoms with E-state index >= 15 is 0 Å². The van der Waals surface area contributed by atoms with E-state index in [4.69, 9.17) is 21.1 Å². The molecule has 0 fully saturated rings. The van der Waals surface area contributed by atoms with Crippen LogP contribution in [0.2, 0.25) is 5.02 Å². The third-order valence-corrected chi connectivity index (χ3v) is 2.75. The highest BCUT2D eigenvalue weighted by Gasteiger charge is 2.04. The molecule has 2 aromatic carbocycles. The van der Waals surface area contributed by atoms with Crippen LogP contribution in [0.5, 0.6) is 17.2 Å². The Labute approximate surface area is 116 Å². The van der Waals surface area contributed by atoms with Crippen LogP contribution >= 0.6 is 11.6 Å². The molecule has 0 aliphatic rings. The quantitative estimate of drug-likeness (QED) is 0.762. The van der Waals surface area contributed by atoms with Crippen molar-refractivity contribution in [1.29, 1.82) is 0 Å². The fourth-order valence-electron chi connectivity index (χ4n) is 1.57. The lowest BCUT2D eigenvalue weighted by Crippen LogP contribution is -1.91. The summed E-state index contributed by atoms with van der Waals surface area (Å²) in [5.74, 6) is 1.96. The summed E-state index contributed by atoms with van der Waals surface area (Å²) in [4.78, 5) is 10.6. The molecule has 0 saturated carbocycles. The van der Waals surface area contributed by atoms with Crippen LogP contribution in [0.1, 0.15) is 17.3 Å². The normalized spacial score (nSPS) is 10.0. The van der Waals surface area contributed by atoms with Crippen molar-refractivity contribution >= 4 is 17.9 Å². The maximum atomic E-state index is 10.6. The fourth-order valence-corrected chi connectivity index (χ4v) is 1.80. The third kappa shape index (κ3) is 3.48. The Hall–Kier alpha value is -2.00. The fraction of sp³-hybridized carbons (Fsp3) is 0.133. The van der Waals surface area contributed by atoms with Gasteiger partial charge in [-0.3, -0.25) is 4.79 Å². The van der Waals surface area contributed by atoms with Crippen molar-refractivity contribution in [2.45, 2.75) is 6.92 Å². The maximum Gasteiger partial charge on any atom is 0.150 e. The molecule has 3 nitrogen and oxygen atoms in total. The van der Waals surface area contributed by atoms with Crippen molar-refractivity contribution in [1.82, 2.24) is 0 Å². The van der Waals surface area contributed by atoms with Gasteiger partial charge >= 0.3 is 0 Å². The van der Waals surface area contributed by atoms with Crippen LogP contribution in [0.15, 0.2) is 42.5 Å². The molecule has 0 aliphatic heterocycles. The van der Waals surface area contributed by atoms with Crippen LogP contribution in [0.25, 0.3) is 0 Å². The molecule has 4 heteroatoms. The summed E-state index contributed by atoms with van der Waals surface area (Å²) in [7, 11) is 0. The van der Waals surface area contributed by atoms with E-state index < -0.39 is 0 Å². The lowest BCUT2D eigenvalue weighted by Gasteiger charge is -2.09. The molecule has 0 N–H and O–H groups in total. The molecule has 0 unspecified atom stereocenters. The summed E-state index contributed by atoms with van der Waals surface area (Å²) >= 11 is 6.03. The van der Waals surface area contributed by atoms with Gasteiger partial charge in [0.1, 0.15) is 23.5 Å². The minimum absolute atomic E-state index is 0.401. The number of ether oxygens (including phenoxy) is 2. The number of carbonyl (C=O) groups excluding carboxylic acids is 1. The molecule has 0 bridgehead atoms. The van der Waals surface area contributed by atoms with E-state index in [1.165, 1.54) is 0 Å². The predicted molar refractivity (Wildman–Crippen MR) is 74.5 cm³/mol. The van der Waals surface area contributed by atoms with Crippen LogP contribution in [-0.2, 0) is 0 Å². The van der Waals surface area contributed by atoms with E-state index in [0.29, 0.717) is 28.7 Å². The van der Waals surface area contributed by atoms with Crippen LogP contribution in [0.4, 0.5) is 0 Å². The van der Waals surface area contributed by atoms with Crippen molar-refractivity contribution in [3.05, 3.63) is 53.1 Å². The van der Waals surface area contributed by atoms with Crippen molar-refractivity contribution in [3.8, 4) is 17.2 Å². The van der Waals surface area contributed by atoms with E-state index in [1.807, 2.05) is 19.1 Å². The highest BCUT2D eigenvalue weighted by atomic mass is 35.5. The molecule has 0 spiro atoms. The lowest BCUT2D eigenvalue weighted by atomic mass is 10.2. The highest BCUT2D eigenvalue weighted by Crippen LogP contribution is 2.30. The molecule has 0 aliphatic carbocycles. The van der Waals surface area contributed by atoms with Crippen molar-refractivity contribution in [2.75, 3.05) is 6.61 Å². The number of benzene rings is 2. The molecule has 0 amide bonds. The highest BCUT2D eigenvalue weighted by molar-refractivity contribution is 6.32. The molecule has 2 aromatic rings. The van der Waals surface area contributed by atoms with Gasteiger partial charge in [0.2, 0.25) is 0 Å². The molecule has 2 rings (SSSR count). The Morgan fingerprint density at radius 2 is 1.79 bits per heavy atom. The summed E-state index contributed by atoms with van der Waals surface area (Å²) in [5.41, 5.74) is 0.518. The first-order valence-electron chi connectivity index (χ1n) is 5.88. The molecule has 0 saturated heterocycles. The van der Waals surface area contributed by atoms with Crippen molar-refractivity contribution in [3.63, 3.8) is 0 Å². The standard InChI is InChI=1S/C15H13ClO3/c1-2-18-12-4-6-13(7-5-12)19-15-8-3-11(10-17)9-14(15)16/h3-10H,2H2,1H3. The summed E-state index contributed by atoms with van der Waals surface area (Å²) in [6.45, 7) is 2.55. The van der Waals surface area contributed by atoms with Gasteiger partial charge in [-0.2, -0.15) is 0 Å². The Bertz CT molecular complexity index is 564. The van der Waals surface area contributed by atoms with Gasteiger partial charge in [-0.05, 0) is 49.4 Å². The van der Waals surface area contributed by atoms with E-state index in [0.717, 1.165) is 12.0 Å². The van der Waals surface area contributed by atoms with E-state index in [-0.39, 0.29) is 0 Å². The topological polar surface area (TPSA) is 35.5 Å². The Morgan fingerprint density at radius 3 is 2.37 bits per heavy atom. The Kier molecular flexibility index (Phi) is 4.42. The van der Waals surface area contributed by atoms with Gasteiger partial charge in [-0.25, -0.2) is 0 Å². The van der Waals surface area contributed by atoms with Crippen LogP contribution < -0.4 is 9.47 Å². The van der Waals surface area contributed by atoms with Gasteiger partial charge in [0, 0.05) is 5.56 Å². The van der Waals surface area contributed by atoms with Gasteiger partial charge in [0.05, 0.1) is 11.6 Å². The molecule has 0 radical (unpaired) electrons. The molecule has 0 atom stereocenters. The zero-order chi connectivity index (χ0) is 13.7. The van der Waals surface area contributed by atoms with E-state index in [2.05, 4.69) is 0 Å². The monoisotopic (exact) mass is 276 g/mol. The number of hydrogen-bond acceptors (Lipinski definition) is 3. The molecule has 0 aromatic heterocycles. The van der Waals surface area contributed by atoms with Gasteiger partial charge in [0.25, 0.3) is 0 Å². The average molecular weight is 277 g/mol. The predicted octanol–water partition coefficient (Wildman–Crippen LogP) is 4.34. The zero-order valence-corrected chi connectivity index (χ0v) is 11.2. The van der Waals surface area contributed by atoms with E-state index in [1.54, 1.807) is 30.3 Å². The van der Waals surface area contributed by atoms with Crippen molar-refractivity contribution < 1.29 is 14.3 Å². The number of carbonyl (C=O) groups is 1. The average Bonchev–Trinajstić information content (AvgIpc) is 2.43. The van der Waals surface area contributed by atoms with Crippen molar-refractivity contribution in [2.24, 2.45) is 0 Å². The molecular weight excluding hydrogens is 264 g/mol. The SMILES string of the molecule is CCOc1ccc(Oc2ccc(C=O)cc2Cl)cc1. The summed E-state index contributed by atoms with van der Waals surface area (Å²) < 4.78 is 11.0. The largest absolute Gasteiger partial charge is 0.494 e. The van der Waals surface area contributed by atoms with Crippen LogP contribution in [-0.4, -0.2) is 12.9 Å². The molecular formula is C15H13ClO3. The van der Waals surface area contributed by atoms with Gasteiger partial charge in [0.15, 0.2) is 0 Å². The second kappa shape index (κ2) is 6.25. The van der Waals surface area contributed by atoms with E-state index in [9.17, 15) is 4.79 Å². The Morgan fingerprint density at radius 1 is 1.11 bits per heavy atom. The first kappa shape index (κ1) is 13.4. The summed E-state index contributed by atoms with van der Waals surface area (Å²) in [6.07, 6.45) is 0.743.